The fourth-order valence-corrected chi connectivity index (χ4v) is 2.87. The number of fused-ring (bicyclic) bond motifs is 3. The molecule has 0 saturated heterocycles. The van der Waals surface area contributed by atoms with Crippen LogP contribution in [0.2, 0.25) is 0 Å². The van der Waals surface area contributed by atoms with E-state index in [-0.39, 0.29) is 5.56 Å². The van der Waals surface area contributed by atoms with E-state index in [2.05, 4.69) is 31.2 Å². The SMILES string of the molecule is Cn1c(=O)c2cc(F)ccc2n2cnc(-n3cc(CBr)nn3)c12. The summed E-state index contributed by atoms with van der Waals surface area (Å²) in [5.74, 6) is 0.0306. The van der Waals surface area contributed by atoms with Crippen molar-refractivity contribution in [3.05, 3.63) is 52.6 Å². The lowest BCUT2D eigenvalue weighted by Crippen LogP contribution is -2.20. The number of aryl methyl sites for hydroxylation is 1. The Morgan fingerprint density at radius 2 is 2.17 bits per heavy atom. The second-order valence-corrected chi connectivity index (χ2v) is 5.64. The number of imidazole rings is 1. The average molecular weight is 377 g/mol. The molecule has 0 aliphatic carbocycles. The summed E-state index contributed by atoms with van der Waals surface area (Å²) in [5, 5.41) is 8.90. The van der Waals surface area contributed by atoms with E-state index in [1.807, 2.05) is 0 Å². The number of alkyl halides is 1. The van der Waals surface area contributed by atoms with Crippen molar-refractivity contribution in [2.45, 2.75) is 5.33 Å². The zero-order chi connectivity index (χ0) is 16.1. The Kier molecular flexibility index (Phi) is 3.05. The molecule has 0 unspecified atom stereocenters. The van der Waals surface area contributed by atoms with Crippen molar-refractivity contribution in [3.63, 3.8) is 0 Å². The highest BCUT2D eigenvalue weighted by atomic mass is 79.9. The van der Waals surface area contributed by atoms with Gasteiger partial charge in [0.05, 0.1) is 22.8 Å². The lowest BCUT2D eigenvalue weighted by atomic mass is 10.2. The Morgan fingerprint density at radius 3 is 2.91 bits per heavy atom. The molecule has 4 rings (SSSR count). The highest BCUT2D eigenvalue weighted by Crippen LogP contribution is 2.19. The molecule has 3 heterocycles. The predicted octanol–water partition coefficient (Wildman–Crippen LogP) is 1.80. The summed E-state index contributed by atoms with van der Waals surface area (Å²) in [6.07, 6.45) is 3.32. The van der Waals surface area contributed by atoms with Gasteiger partial charge in [0.2, 0.25) is 0 Å². The lowest BCUT2D eigenvalue weighted by molar-refractivity contribution is 0.629. The monoisotopic (exact) mass is 376 g/mol. The van der Waals surface area contributed by atoms with Gasteiger partial charge >= 0.3 is 0 Å². The molecule has 7 nitrogen and oxygen atoms in total. The molecule has 1 aromatic carbocycles. The number of hydrogen-bond donors (Lipinski definition) is 0. The Bertz CT molecular complexity index is 1110. The first-order chi connectivity index (χ1) is 11.1. The van der Waals surface area contributed by atoms with Crippen LogP contribution in [-0.4, -0.2) is 28.9 Å². The fourth-order valence-electron chi connectivity index (χ4n) is 2.61. The standard InChI is InChI=1S/C14H10BrFN6O/c1-20-13-12(22-6-9(5-15)18-19-22)17-7-21(13)11-3-2-8(16)4-10(11)14(20)23/h2-4,6-7H,5H2,1H3. The summed E-state index contributed by atoms with van der Waals surface area (Å²) in [6.45, 7) is 0. The minimum absolute atomic E-state index is 0.295. The summed E-state index contributed by atoms with van der Waals surface area (Å²) in [4.78, 5) is 16.9. The van der Waals surface area contributed by atoms with Gasteiger partial charge in [-0.25, -0.2) is 9.37 Å². The Hall–Kier alpha value is -2.55. The molecule has 23 heavy (non-hydrogen) atoms. The molecule has 0 aliphatic rings. The molecular weight excluding hydrogens is 367 g/mol. The molecule has 0 bridgehead atoms. The van der Waals surface area contributed by atoms with Crippen LogP contribution in [0.4, 0.5) is 4.39 Å². The third kappa shape index (κ3) is 2.00. The maximum atomic E-state index is 13.5. The van der Waals surface area contributed by atoms with Crippen LogP contribution in [0.15, 0.2) is 35.5 Å². The minimum Gasteiger partial charge on any atom is -0.294 e. The van der Waals surface area contributed by atoms with Gasteiger partial charge in [-0.2, -0.15) is 4.68 Å². The molecule has 0 saturated carbocycles. The molecule has 9 heteroatoms. The highest BCUT2D eigenvalue weighted by Gasteiger charge is 2.16. The van der Waals surface area contributed by atoms with Gasteiger partial charge < -0.3 is 0 Å². The molecule has 0 amide bonds. The molecule has 3 aromatic heterocycles. The summed E-state index contributed by atoms with van der Waals surface area (Å²) >= 11 is 3.32. The van der Waals surface area contributed by atoms with Crippen LogP contribution < -0.4 is 5.56 Å². The second-order valence-electron chi connectivity index (χ2n) is 5.08. The van der Waals surface area contributed by atoms with Gasteiger partial charge in [0, 0.05) is 12.4 Å². The first kappa shape index (κ1) is 14.1. The third-order valence-corrected chi connectivity index (χ3v) is 4.26. The largest absolute Gasteiger partial charge is 0.294 e. The van der Waals surface area contributed by atoms with Crippen molar-refractivity contribution < 1.29 is 4.39 Å². The number of rotatable bonds is 2. The molecule has 0 fully saturated rings. The lowest BCUT2D eigenvalue weighted by Gasteiger charge is -2.08. The Balaban J connectivity index is 2.12. The normalized spacial score (nSPS) is 11.6. The maximum absolute atomic E-state index is 13.5. The Morgan fingerprint density at radius 1 is 1.35 bits per heavy atom. The second kappa shape index (κ2) is 4.98. The summed E-state index contributed by atoms with van der Waals surface area (Å²) in [7, 11) is 1.62. The first-order valence-electron chi connectivity index (χ1n) is 6.73. The van der Waals surface area contributed by atoms with Gasteiger partial charge in [-0.05, 0) is 18.2 Å². The molecule has 0 aliphatic heterocycles. The number of nitrogens with zero attached hydrogens (tertiary/aromatic N) is 6. The highest BCUT2D eigenvalue weighted by molar-refractivity contribution is 9.08. The van der Waals surface area contributed by atoms with E-state index < -0.39 is 5.82 Å². The zero-order valence-corrected chi connectivity index (χ0v) is 13.5. The third-order valence-electron chi connectivity index (χ3n) is 3.69. The zero-order valence-electron chi connectivity index (χ0n) is 11.9. The summed E-state index contributed by atoms with van der Waals surface area (Å²) in [5.41, 5.74) is 1.60. The van der Waals surface area contributed by atoms with Gasteiger partial charge in [-0.1, -0.05) is 21.1 Å². The van der Waals surface area contributed by atoms with E-state index in [0.717, 1.165) is 5.69 Å². The number of halogens is 2. The van der Waals surface area contributed by atoms with E-state index in [1.165, 1.54) is 21.4 Å². The average Bonchev–Trinajstić information content (AvgIpc) is 3.18. The van der Waals surface area contributed by atoms with Crippen molar-refractivity contribution >= 4 is 32.5 Å². The Labute approximate surface area is 137 Å². The van der Waals surface area contributed by atoms with Gasteiger partial charge in [-0.15, -0.1) is 5.10 Å². The smallest absolute Gasteiger partial charge is 0.261 e. The number of benzene rings is 1. The van der Waals surface area contributed by atoms with Crippen LogP contribution in [-0.2, 0) is 12.4 Å². The van der Waals surface area contributed by atoms with Crippen molar-refractivity contribution in [3.8, 4) is 5.82 Å². The summed E-state index contributed by atoms with van der Waals surface area (Å²) < 4.78 is 18.1. The van der Waals surface area contributed by atoms with Crippen molar-refractivity contribution in [2.75, 3.05) is 0 Å². The van der Waals surface area contributed by atoms with Crippen LogP contribution in [0.3, 0.4) is 0 Å². The van der Waals surface area contributed by atoms with Gasteiger partial charge in [-0.3, -0.25) is 13.8 Å². The molecule has 4 aromatic rings. The molecule has 0 atom stereocenters. The van der Waals surface area contributed by atoms with Gasteiger partial charge in [0.15, 0.2) is 11.5 Å². The van der Waals surface area contributed by atoms with Crippen LogP contribution >= 0.6 is 15.9 Å². The van der Waals surface area contributed by atoms with Gasteiger partial charge in [0.1, 0.15) is 12.1 Å². The van der Waals surface area contributed by atoms with E-state index in [9.17, 15) is 9.18 Å². The molecular formula is C14H10BrFN6O. The quantitative estimate of drug-likeness (QED) is 0.500. The molecule has 0 N–H and O–H groups in total. The van der Waals surface area contributed by atoms with E-state index in [1.54, 1.807) is 30.0 Å². The fraction of sp³-hybridized carbons (Fsp3) is 0.143. The topological polar surface area (TPSA) is 70.0 Å². The number of aromatic nitrogens is 6. The molecule has 116 valence electrons. The van der Waals surface area contributed by atoms with Crippen LogP contribution in [0, 0.1) is 5.82 Å². The van der Waals surface area contributed by atoms with Crippen molar-refractivity contribution in [2.24, 2.45) is 7.05 Å². The predicted molar refractivity (Wildman–Crippen MR) is 85.4 cm³/mol. The number of hydrogen-bond acceptors (Lipinski definition) is 4. The molecule has 0 spiro atoms. The van der Waals surface area contributed by atoms with Crippen molar-refractivity contribution in [1.82, 2.24) is 28.9 Å². The van der Waals surface area contributed by atoms with Crippen molar-refractivity contribution in [1.29, 1.82) is 0 Å². The van der Waals surface area contributed by atoms with E-state index >= 15 is 0 Å². The molecule has 0 radical (unpaired) electrons. The van der Waals surface area contributed by atoms with E-state index in [4.69, 9.17) is 0 Å². The maximum Gasteiger partial charge on any atom is 0.261 e. The van der Waals surface area contributed by atoms with E-state index in [0.29, 0.717) is 27.7 Å². The van der Waals surface area contributed by atoms with Crippen LogP contribution in [0.25, 0.3) is 22.4 Å². The minimum atomic E-state index is -0.451. The summed E-state index contributed by atoms with van der Waals surface area (Å²) in [6, 6.07) is 4.12. The van der Waals surface area contributed by atoms with Crippen LogP contribution in [0.1, 0.15) is 5.69 Å². The first-order valence-corrected chi connectivity index (χ1v) is 7.85. The van der Waals surface area contributed by atoms with Crippen LogP contribution in [0.5, 0.6) is 0 Å². The van der Waals surface area contributed by atoms with Gasteiger partial charge in [0.25, 0.3) is 5.56 Å².